The molecule has 26 heavy (non-hydrogen) atoms. The van der Waals surface area contributed by atoms with Crippen molar-refractivity contribution in [1.29, 1.82) is 0 Å². The summed E-state index contributed by atoms with van der Waals surface area (Å²) >= 11 is 7.99. The second-order valence-corrected chi connectivity index (χ2v) is 8.20. The van der Waals surface area contributed by atoms with Gasteiger partial charge >= 0.3 is 0 Å². The first-order valence-electron chi connectivity index (χ1n) is 7.86. The third-order valence-electron chi connectivity index (χ3n) is 3.66. The molecule has 3 rings (SSSR count). The number of thiophene rings is 1. The first-order valence-corrected chi connectivity index (χ1v) is 9.97. The Morgan fingerprint density at radius 3 is 2.73 bits per heavy atom. The molecule has 1 fully saturated rings. The van der Waals surface area contributed by atoms with Crippen molar-refractivity contribution in [3.8, 4) is 5.75 Å². The van der Waals surface area contributed by atoms with E-state index in [2.05, 4.69) is 5.32 Å². The zero-order valence-corrected chi connectivity index (χ0v) is 16.1. The number of nitrogens with zero attached hydrogens (tertiary/aromatic N) is 1. The highest BCUT2D eigenvalue weighted by Gasteiger charge is 2.33. The van der Waals surface area contributed by atoms with E-state index in [1.165, 1.54) is 28.0 Å². The summed E-state index contributed by atoms with van der Waals surface area (Å²) in [5.41, 5.74) is 1.01. The molecular formula is C18H16N2O3S3. The molecule has 2 N–H and O–H groups in total. The van der Waals surface area contributed by atoms with Crippen LogP contribution in [0.25, 0.3) is 6.08 Å². The number of nitrogens with one attached hydrogen (secondary N) is 1. The predicted octanol–water partition coefficient (Wildman–Crippen LogP) is 3.01. The molecule has 2 heterocycles. The molecule has 5 nitrogen and oxygen atoms in total. The monoisotopic (exact) mass is 404 g/mol. The van der Waals surface area contributed by atoms with E-state index >= 15 is 0 Å². The predicted molar refractivity (Wildman–Crippen MR) is 109 cm³/mol. The highest BCUT2D eigenvalue weighted by Crippen LogP contribution is 2.32. The van der Waals surface area contributed by atoms with Crippen LogP contribution in [0.5, 0.6) is 5.75 Å². The van der Waals surface area contributed by atoms with Crippen molar-refractivity contribution in [3.05, 3.63) is 57.1 Å². The molecule has 8 heteroatoms. The van der Waals surface area contributed by atoms with Gasteiger partial charge in [-0.05, 0) is 41.6 Å². The van der Waals surface area contributed by atoms with Gasteiger partial charge in [0.25, 0.3) is 5.91 Å². The van der Waals surface area contributed by atoms with Gasteiger partial charge < -0.3 is 10.4 Å². The van der Waals surface area contributed by atoms with Gasteiger partial charge in [0.2, 0.25) is 5.91 Å². The lowest BCUT2D eigenvalue weighted by atomic mass is 10.1. The van der Waals surface area contributed by atoms with E-state index in [1.54, 1.807) is 30.3 Å². The second-order valence-electron chi connectivity index (χ2n) is 5.55. The SMILES string of the molecule is O=C(CN1C(=O)C(=Cc2cccs2)SC1=S)NCCc1ccc(O)cc1. The molecule has 0 aliphatic carbocycles. The van der Waals surface area contributed by atoms with Crippen molar-refractivity contribution in [2.24, 2.45) is 0 Å². The van der Waals surface area contributed by atoms with Crippen molar-refractivity contribution < 1.29 is 14.7 Å². The molecule has 0 spiro atoms. The summed E-state index contributed by atoms with van der Waals surface area (Å²) < 4.78 is 0.395. The first-order chi connectivity index (χ1) is 12.5. The van der Waals surface area contributed by atoms with Gasteiger partial charge in [0.1, 0.15) is 16.6 Å². The lowest BCUT2D eigenvalue weighted by Crippen LogP contribution is -2.40. The number of carbonyl (C=O) groups is 2. The molecule has 0 atom stereocenters. The van der Waals surface area contributed by atoms with Crippen LogP contribution < -0.4 is 5.32 Å². The molecule has 1 aliphatic rings. The summed E-state index contributed by atoms with van der Waals surface area (Å²) in [6, 6.07) is 10.7. The Balaban J connectivity index is 1.51. The number of thiocarbonyl (C=S) groups is 1. The molecule has 2 aromatic rings. The van der Waals surface area contributed by atoms with E-state index in [0.29, 0.717) is 22.2 Å². The average molecular weight is 405 g/mol. The van der Waals surface area contributed by atoms with E-state index in [1.807, 2.05) is 17.5 Å². The quantitative estimate of drug-likeness (QED) is 0.572. The van der Waals surface area contributed by atoms with Crippen LogP contribution in [-0.4, -0.2) is 39.2 Å². The number of phenolic OH excluding ortho intramolecular Hbond substituents is 1. The highest BCUT2D eigenvalue weighted by molar-refractivity contribution is 8.26. The van der Waals surface area contributed by atoms with Gasteiger partial charge in [0.15, 0.2) is 0 Å². The van der Waals surface area contributed by atoms with Gasteiger partial charge in [-0.3, -0.25) is 14.5 Å². The van der Waals surface area contributed by atoms with Crippen molar-refractivity contribution in [1.82, 2.24) is 10.2 Å². The van der Waals surface area contributed by atoms with Gasteiger partial charge in [-0.15, -0.1) is 11.3 Å². The van der Waals surface area contributed by atoms with E-state index in [9.17, 15) is 14.7 Å². The average Bonchev–Trinajstić information content (AvgIpc) is 3.21. The molecule has 0 radical (unpaired) electrons. The number of hydrogen-bond donors (Lipinski definition) is 2. The van der Waals surface area contributed by atoms with Crippen LogP contribution >= 0.6 is 35.3 Å². The first kappa shape index (κ1) is 18.6. The smallest absolute Gasteiger partial charge is 0.266 e. The standard InChI is InChI=1S/C18H16N2O3S3/c21-13-5-3-12(4-6-13)7-8-19-16(22)11-20-17(23)15(26-18(20)24)10-14-2-1-9-25-14/h1-6,9-10,21H,7-8,11H2,(H,19,22). The normalized spacial score (nSPS) is 15.7. The number of thioether (sulfide) groups is 1. The minimum Gasteiger partial charge on any atom is -0.508 e. The maximum absolute atomic E-state index is 12.5. The zero-order chi connectivity index (χ0) is 18.5. The summed E-state index contributed by atoms with van der Waals surface area (Å²) in [4.78, 5) is 27.4. The van der Waals surface area contributed by atoms with Crippen LogP contribution in [0.1, 0.15) is 10.4 Å². The van der Waals surface area contributed by atoms with Crippen molar-refractivity contribution in [2.45, 2.75) is 6.42 Å². The minimum absolute atomic E-state index is 0.0813. The third-order valence-corrected chi connectivity index (χ3v) is 5.86. The van der Waals surface area contributed by atoms with Gasteiger partial charge in [-0.1, -0.05) is 42.2 Å². The number of rotatable bonds is 6. The van der Waals surface area contributed by atoms with Crippen molar-refractivity contribution in [2.75, 3.05) is 13.1 Å². The van der Waals surface area contributed by atoms with E-state index in [-0.39, 0.29) is 24.1 Å². The molecule has 0 unspecified atom stereocenters. The van der Waals surface area contributed by atoms with Gasteiger partial charge in [-0.25, -0.2) is 0 Å². The number of hydrogen-bond acceptors (Lipinski definition) is 6. The molecule has 0 bridgehead atoms. The van der Waals surface area contributed by atoms with Crippen LogP contribution in [0, 0.1) is 0 Å². The molecule has 1 aromatic heterocycles. The summed E-state index contributed by atoms with van der Waals surface area (Å²) in [5, 5.41) is 14.0. The second kappa shape index (κ2) is 8.48. The molecule has 2 amide bonds. The van der Waals surface area contributed by atoms with Crippen LogP contribution in [-0.2, 0) is 16.0 Å². The molecule has 1 aromatic carbocycles. The van der Waals surface area contributed by atoms with Gasteiger partial charge in [0.05, 0.1) is 4.91 Å². The van der Waals surface area contributed by atoms with E-state index < -0.39 is 0 Å². The Morgan fingerprint density at radius 1 is 1.27 bits per heavy atom. The van der Waals surface area contributed by atoms with E-state index in [4.69, 9.17) is 12.2 Å². The Labute approximate surface area is 164 Å². The van der Waals surface area contributed by atoms with Crippen molar-refractivity contribution in [3.63, 3.8) is 0 Å². The molecule has 0 saturated carbocycles. The van der Waals surface area contributed by atoms with Gasteiger partial charge in [0, 0.05) is 11.4 Å². The molecular weight excluding hydrogens is 388 g/mol. The maximum Gasteiger partial charge on any atom is 0.266 e. The molecule has 1 saturated heterocycles. The fourth-order valence-corrected chi connectivity index (χ4v) is 4.33. The number of carbonyl (C=O) groups excluding carboxylic acids is 2. The number of amides is 2. The Bertz CT molecular complexity index is 845. The minimum atomic E-state index is -0.252. The Hall–Kier alpha value is -2.16. The topological polar surface area (TPSA) is 69.6 Å². The van der Waals surface area contributed by atoms with Crippen LogP contribution in [0.2, 0.25) is 0 Å². The summed E-state index contributed by atoms with van der Waals surface area (Å²) in [7, 11) is 0. The lowest BCUT2D eigenvalue weighted by molar-refractivity contribution is -0.128. The van der Waals surface area contributed by atoms with Crippen molar-refractivity contribution >= 4 is 57.5 Å². The number of benzene rings is 1. The largest absolute Gasteiger partial charge is 0.508 e. The van der Waals surface area contributed by atoms with Crippen LogP contribution in [0.3, 0.4) is 0 Å². The number of phenols is 1. The molecule has 134 valence electrons. The molecule has 1 aliphatic heterocycles. The zero-order valence-electron chi connectivity index (χ0n) is 13.7. The Kier molecular flexibility index (Phi) is 6.08. The summed E-state index contributed by atoms with van der Waals surface area (Å²) in [6.07, 6.45) is 2.44. The van der Waals surface area contributed by atoms with E-state index in [0.717, 1.165) is 10.4 Å². The number of aromatic hydroxyl groups is 1. The Morgan fingerprint density at radius 2 is 2.04 bits per heavy atom. The maximum atomic E-state index is 12.5. The fourth-order valence-electron chi connectivity index (χ4n) is 2.35. The van der Waals surface area contributed by atoms with Crippen LogP contribution in [0.15, 0.2) is 46.7 Å². The lowest BCUT2D eigenvalue weighted by Gasteiger charge is -2.14. The van der Waals surface area contributed by atoms with Gasteiger partial charge in [-0.2, -0.15) is 0 Å². The third kappa shape index (κ3) is 4.72. The summed E-state index contributed by atoms with van der Waals surface area (Å²) in [5.74, 6) is -0.276. The highest BCUT2D eigenvalue weighted by atomic mass is 32.2. The summed E-state index contributed by atoms with van der Waals surface area (Å²) in [6.45, 7) is 0.367. The fraction of sp³-hybridized carbons (Fsp3) is 0.167. The van der Waals surface area contributed by atoms with Crippen LogP contribution in [0.4, 0.5) is 0 Å².